The van der Waals surface area contributed by atoms with Crippen LogP contribution in [0.1, 0.15) is 10.4 Å². The number of methoxy groups -OCH3 is 1. The van der Waals surface area contributed by atoms with Gasteiger partial charge in [-0.2, -0.15) is 5.10 Å². The average molecular weight is 292 g/mol. The van der Waals surface area contributed by atoms with Crippen LogP contribution in [-0.2, 0) is 11.8 Å². The molecule has 0 unspecified atom stereocenters. The maximum atomic E-state index is 12.7. The van der Waals surface area contributed by atoms with Gasteiger partial charge >= 0.3 is 0 Å². The first-order valence-electron chi connectivity index (χ1n) is 6.73. The van der Waals surface area contributed by atoms with Crippen LogP contribution < -0.4 is 0 Å². The average Bonchev–Trinajstić information content (AvgIpc) is 3.11. The van der Waals surface area contributed by atoms with E-state index in [0.717, 1.165) is 0 Å². The Morgan fingerprint density at radius 1 is 1.38 bits per heavy atom. The van der Waals surface area contributed by atoms with Gasteiger partial charge in [-0.25, -0.2) is 0 Å². The molecule has 7 nitrogen and oxygen atoms in total. The van der Waals surface area contributed by atoms with Gasteiger partial charge in [-0.15, -0.1) is 0 Å². The van der Waals surface area contributed by atoms with Crippen LogP contribution in [0.4, 0.5) is 0 Å². The Morgan fingerprint density at radius 3 is 2.71 bits per heavy atom. The molecule has 2 rings (SSSR count). The van der Waals surface area contributed by atoms with Crippen LogP contribution in [0.25, 0.3) is 5.82 Å². The molecule has 0 bridgehead atoms. The third-order valence-corrected chi connectivity index (χ3v) is 3.21. The fraction of sp³-hybridized carbons (Fsp3) is 0.429. The molecule has 2 heterocycles. The number of aryl methyl sites for hydroxylation is 1. The highest BCUT2D eigenvalue weighted by Gasteiger charge is 2.22. The second kappa shape index (κ2) is 7.05. The smallest absolute Gasteiger partial charge is 0.259 e. The maximum absolute atomic E-state index is 12.7. The number of aliphatic hydroxyl groups excluding tert-OH is 1. The number of carbonyl (C=O) groups is 1. The summed E-state index contributed by atoms with van der Waals surface area (Å²) in [6, 6.07) is 3.77. The minimum Gasteiger partial charge on any atom is -0.395 e. The summed E-state index contributed by atoms with van der Waals surface area (Å²) in [6.07, 6.45) is 5.27. The molecule has 0 spiro atoms. The van der Waals surface area contributed by atoms with E-state index < -0.39 is 0 Å². The van der Waals surface area contributed by atoms with Crippen LogP contribution in [0.5, 0.6) is 0 Å². The summed E-state index contributed by atoms with van der Waals surface area (Å²) < 4.78 is 8.51. The van der Waals surface area contributed by atoms with Gasteiger partial charge in [0.15, 0.2) is 0 Å². The molecule has 0 fully saturated rings. The molecule has 2 aromatic rings. The minimum atomic E-state index is -0.169. The molecule has 1 N–H and O–H groups in total. The number of carbonyl (C=O) groups excluding carboxylic acids is 1. The van der Waals surface area contributed by atoms with E-state index in [4.69, 9.17) is 9.84 Å². The van der Waals surface area contributed by atoms with Gasteiger partial charge in [0, 0.05) is 39.6 Å². The molecule has 21 heavy (non-hydrogen) atoms. The maximum Gasteiger partial charge on any atom is 0.259 e. The van der Waals surface area contributed by atoms with Crippen LogP contribution in [0, 0.1) is 0 Å². The molecule has 0 radical (unpaired) electrons. The second-order valence-electron chi connectivity index (χ2n) is 4.60. The highest BCUT2D eigenvalue weighted by molar-refractivity contribution is 5.97. The van der Waals surface area contributed by atoms with E-state index in [9.17, 15) is 4.79 Å². The Bertz CT molecular complexity index is 577. The molecule has 7 heteroatoms. The van der Waals surface area contributed by atoms with Crippen molar-refractivity contribution >= 4 is 5.91 Å². The number of amides is 1. The normalized spacial score (nSPS) is 10.8. The predicted octanol–water partition coefficient (Wildman–Crippen LogP) is 0.292. The molecule has 0 saturated carbocycles. The van der Waals surface area contributed by atoms with Crippen molar-refractivity contribution in [1.82, 2.24) is 19.2 Å². The summed E-state index contributed by atoms with van der Waals surface area (Å²) in [4.78, 5) is 14.2. The van der Waals surface area contributed by atoms with Crippen molar-refractivity contribution in [3.63, 3.8) is 0 Å². The molecule has 2 aromatic heterocycles. The number of ether oxygens (including phenoxy) is 1. The highest BCUT2D eigenvalue weighted by Crippen LogP contribution is 2.16. The van der Waals surface area contributed by atoms with E-state index >= 15 is 0 Å². The number of rotatable bonds is 7. The SMILES string of the molecule is COCCN(CCO)C(=O)c1cnn(C)c1-n1cccc1. The molecule has 0 aliphatic carbocycles. The molecule has 0 aliphatic rings. The van der Waals surface area contributed by atoms with Gasteiger partial charge in [0.05, 0.1) is 19.4 Å². The van der Waals surface area contributed by atoms with Crippen molar-refractivity contribution < 1.29 is 14.6 Å². The lowest BCUT2D eigenvalue weighted by molar-refractivity contribution is 0.0656. The zero-order chi connectivity index (χ0) is 15.2. The van der Waals surface area contributed by atoms with Crippen molar-refractivity contribution in [2.75, 3.05) is 33.4 Å². The van der Waals surface area contributed by atoms with E-state index in [2.05, 4.69) is 5.10 Å². The first-order valence-corrected chi connectivity index (χ1v) is 6.73. The quantitative estimate of drug-likeness (QED) is 0.796. The monoisotopic (exact) mass is 292 g/mol. The van der Waals surface area contributed by atoms with Gasteiger partial charge in [0.1, 0.15) is 11.4 Å². The van der Waals surface area contributed by atoms with E-state index in [0.29, 0.717) is 24.5 Å². The van der Waals surface area contributed by atoms with Crippen molar-refractivity contribution in [2.45, 2.75) is 0 Å². The molecule has 1 amide bonds. The highest BCUT2D eigenvalue weighted by atomic mass is 16.5. The molecular formula is C14H20N4O3. The van der Waals surface area contributed by atoms with E-state index in [1.807, 2.05) is 29.1 Å². The summed E-state index contributed by atoms with van der Waals surface area (Å²) in [7, 11) is 3.37. The molecule has 0 aromatic carbocycles. The molecule has 114 valence electrons. The minimum absolute atomic E-state index is 0.0887. The van der Waals surface area contributed by atoms with Gasteiger partial charge in [-0.3, -0.25) is 9.48 Å². The lowest BCUT2D eigenvalue weighted by Gasteiger charge is -2.21. The van der Waals surface area contributed by atoms with E-state index in [-0.39, 0.29) is 19.1 Å². The van der Waals surface area contributed by atoms with Gasteiger partial charge in [-0.05, 0) is 12.1 Å². The Labute approximate surface area is 123 Å². The molecule has 0 atom stereocenters. The molecular weight excluding hydrogens is 272 g/mol. The van der Waals surface area contributed by atoms with Crippen molar-refractivity contribution in [3.05, 3.63) is 36.3 Å². The molecule has 0 saturated heterocycles. The fourth-order valence-corrected chi connectivity index (χ4v) is 2.17. The van der Waals surface area contributed by atoms with Crippen LogP contribution in [0.3, 0.4) is 0 Å². The molecule has 0 aliphatic heterocycles. The van der Waals surface area contributed by atoms with Crippen LogP contribution >= 0.6 is 0 Å². The Kier molecular flexibility index (Phi) is 5.13. The number of hydrogen-bond donors (Lipinski definition) is 1. The zero-order valence-electron chi connectivity index (χ0n) is 12.3. The predicted molar refractivity (Wildman–Crippen MR) is 77.4 cm³/mol. The van der Waals surface area contributed by atoms with Crippen LogP contribution in [-0.4, -0.2) is 63.7 Å². The van der Waals surface area contributed by atoms with Crippen molar-refractivity contribution in [3.8, 4) is 5.82 Å². The van der Waals surface area contributed by atoms with Crippen LogP contribution in [0.15, 0.2) is 30.7 Å². The Balaban J connectivity index is 2.30. The van der Waals surface area contributed by atoms with Gasteiger partial charge < -0.3 is 19.3 Å². The van der Waals surface area contributed by atoms with Crippen molar-refractivity contribution in [1.29, 1.82) is 0 Å². The van der Waals surface area contributed by atoms with E-state index in [1.165, 1.54) is 0 Å². The largest absolute Gasteiger partial charge is 0.395 e. The summed E-state index contributed by atoms with van der Waals surface area (Å²) in [5, 5.41) is 13.3. The summed E-state index contributed by atoms with van der Waals surface area (Å²) >= 11 is 0. The second-order valence-corrected chi connectivity index (χ2v) is 4.60. The van der Waals surface area contributed by atoms with Crippen LogP contribution in [0.2, 0.25) is 0 Å². The topological polar surface area (TPSA) is 72.5 Å². The number of hydrogen-bond acceptors (Lipinski definition) is 4. The van der Waals surface area contributed by atoms with Gasteiger partial charge in [-0.1, -0.05) is 0 Å². The zero-order valence-corrected chi connectivity index (χ0v) is 12.3. The Hall–Kier alpha value is -2.12. The number of nitrogens with zero attached hydrogens (tertiary/aromatic N) is 4. The first-order chi connectivity index (χ1) is 10.2. The third-order valence-electron chi connectivity index (χ3n) is 3.21. The van der Waals surface area contributed by atoms with E-state index in [1.54, 1.807) is 29.9 Å². The first kappa shape index (κ1) is 15.3. The lowest BCUT2D eigenvalue weighted by atomic mass is 10.2. The standard InChI is InChI=1S/C14H20N4O3/c1-16-13(17-5-3-4-6-17)12(11-15-16)14(20)18(7-9-19)8-10-21-2/h3-6,11,19H,7-10H2,1-2H3. The van der Waals surface area contributed by atoms with Crippen molar-refractivity contribution in [2.24, 2.45) is 7.05 Å². The van der Waals surface area contributed by atoms with Gasteiger partial charge in [0.2, 0.25) is 0 Å². The number of aromatic nitrogens is 3. The summed E-state index contributed by atoms with van der Waals surface area (Å²) in [6.45, 7) is 1.03. The lowest BCUT2D eigenvalue weighted by Crippen LogP contribution is -2.36. The number of aliphatic hydroxyl groups is 1. The summed E-state index contributed by atoms with van der Waals surface area (Å²) in [5.41, 5.74) is 0.498. The van der Waals surface area contributed by atoms with Gasteiger partial charge in [0.25, 0.3) is 5.91 Å². The fourth-order valence-electron chi connectivity index (χ4n) is 2.17. The third kappa shape index (κ3) is 3.32. The summed E-state index contributed by atoms with van der Waals surface area (Å²) in [5.74, 6) is 0.531. The Morgan fingerprint density at radius 2 is 2.10 bits per heavy atom.